The van der Waals surface area contributed by atoms with Crippen molar-refractivity contribution in [2.24, 2.45) is 11.8 Å². The van der Waals surface area contributed by atoms with E-state index in [0.717, 1.165) is 24.0 Å². The number of hydrogen-bond donors (Lipinski definition) is 1. The van der Waals surface area contributed by atoms with E-state index in [0.29, 0.717) is 12.0 Å². The minimum Gasteiger partial charge on any atom is -0.462 e. The minimum atomic E-state index is -0.711. The van der Waals surface area contributed by atoms with Crippen molar-refractivity contribution < 1.29 is 24.2 Å². The molecule has 1 aliphatic heterocycles. The lowest BCUT2D eigenvalue weighted by Crippen LogP contribution is -2.38. The maximum absolute atomic E-state index is 12.3. The van der Waals surface area contributed by atoms with Crippen molar-refractivity contribution in [1.29, 1.82) is 0 Å². The van der Waals surface area contributed by atoms with Crippen molar-refractivity contribution >= 4 is 11.9 Å². The molecule has 0 saturated carbocycles. The molecule has 27 heavy (non-hydrogen) atoms. The van der Waals surface area contributed by atoms with Crippen molar-refractivity contribution in [3.05, 3.63) is 34.9 Å². The van der Waals surface area contributed by atoms with Crippen LogP contribution < -0.4 is 0 Å². The molecule has 5 heteroatoms. The first-order chi connectivity index (χ1) is 12.7. The molecule has 1 heterocycles. The van der Waals surface area contributed by atoms with Crippen LogP contribution in [0.4, 0.5) is 0 Å². The lowest BCUT2D eigenvalue weighted by atomic mass is 9.82. The van der Waals surface area contributed by atoms with Gasteiger partial charge < -0.3 is 14.6 Å². The Morgan fingerprint density at radius 1 is 1.22 bits per heavy atom. The molecule has 0 spiro atoms. The van der Waals surface area contributed by atoms with E-state index in [-0.39, 0.29) is 36.3 Å². The number of carbonyl (C=O) groups excluding carboxylic acids is 2. The second-order valence-electron chi connectivity index (χ2n) is 8.11. The Labute approximate surface area is 162 Å². The predicted octanol–water partition coefficient (Wildman–Crippen LogP) is 3.87. The second-order valence-corrected chi connectivity index (χ2v) is 8.11. The van der Waals surface area contributed by atoms with E-state index in [1.54, 1.807) is 6.08 Å². The molecule has 0 unspecified atom stereocenters. The fourth-order valence-corrected chi connectivity index (χ4v) is 3.97. The number of aliphatic hydroxyl groups excluding tert-OH is 1. The largest absolute Gasteiger partial charge is 0.462 e. The molecule has 0 amide bonds. The van der Waals surface area contributed by atoms with Crippen LogP contribution in [0.5, 0.6) is 0 Å². The number of fused-ring (bicyclic) bond motifs is 1. The van der Waals surface area contributed by atoms with E-state index in [2.05, 4.69) is 6.08 Å². The molecular weight excluding hydrogens is 344 g/mol. The van der Waals surface area contributed by atoms with Gasteiger partial charge in [0.25, 0.3) is 0 Å². The fraction of sp³-hybridized carbons (Fsp3) is 0.636. The van der Waals surface area contributed by atoms with E-state index in [9.17, 15) is 14.7 Å². The summed E-state index contributed by atoms with van der Waals surface area (Å²) in [4.78, 5) is 24.1. The van der Waals surface area contributed by atoms with Crippen LogP contribution in [0.2, 0.25) is 0 Å². The number of ether oxygens (including phenoxy) is 2. The fourth-order valence-electron chi connectivity index (χ4n) is 3.97. The Kier molecular flexibility index (Phi) is 7.42. The maximum atomic E-state index is 12.3. The van der Waals surface area contributed by atoms with Gasteiger partial charge >= 0.3 is 11.9 Å². The van der Waals surface area contributed by atoms with Crippen LogP contribution in [0.25, 0.3) is 0 Å². The Morgan fingerprint density at radius 2 is 1.93 bits per heavy atom. The number of allylic oxidation sites excluding steroid dienone is 2. The maximum Gasteiger partial charge on any atom is 0.334 e. The molecule has 2 bridgehead atoms. The highest BCUT2D eigenvalue weighted by atomic mass is 16.6. The summed E-state index contributed by atoms with van der Waals surface area (Å²) in [6.45, 7) is 9.52. The molecule has 5 nitrogen and oxygen atoms in total. The highest BCUT2D eigenvalue weighted by Gasteiger charge is 2.39. The molecule has 1 N–H and O–H groups in total. The molecule has 2 aliphatic rings. The van der Waals surface area contributed by atoms with Crippen LogP contribution in [0, 0.1) is 11.8 Å². The van der Waals surface area contributed by atoms with Crippen LogP contribution in [0.15, 0.2) is 34.9 Å². The molecule has 0 aromatic rings. The van der Waals surface area contributed by atoms with Crippen molar-refractivity contribution in [1.82, 2.24) is 0 Å². The highest BCUT2D eigenvalue weighted by Crippen LogP contribution is 2.34. The summed E-state index contributed by atoms with van der Waals surface area (Å²) in [6.07, 6.45) is 6.81. The van der Waals surface area contributed by atoms with E-state index in [1.807, 2.05) is 33.8 Å². The normalized spacial score (nSPS) is 33.9. The van der Waals surface area contributed by atoms with Gasteiger partial charge in [0.05, 0.1) is 6.10 Å². The highest BCUT2D eigenvalue weighted by molar-refractivity contribution is 5.91. The van der Waals surface area contributed by atoms with Crippen molar-refractivity contribution in [3.63, 3.8) is 0 Å². The van der Waals surface area contributed by atoms with Gasteiger partial charge in [-0.25, -0.2) is 4.79 Å². The molecule has 150 valence electrons. The Balaban J connectivity index is 2.42. The van der Waals surface area contributed by atoms with Gasteiger partial charge in [0.15, 0.2) is 0 Å². The molecule has 0 saturated heterocycles. The Hall–Kier alpha value is -1.88. The molecule has 1 aliphatic carbocycles. The quantitative estimate of drug-likeness (QED) is 0.585. The van der Waals surface area contributed by atoms with E-state index >= 15 is 0 Å². The third kappa shape index (κ3) is 6.06. The number of aliphatic hydroxyl groups is 1. The number of esters is 2. The second kappa shape index (κ2) is 9.36. The smallest absolute Gasteiger partial charge is 0.334 e. The average molecular weight is 376 g/mol. The first-order valence-corrected chi connectivity index (χ1v) is 9.77. The van der Waals surface area contributed by atoms with E-state index in [4.69, 9.17) is 9.47 Å². The van der Waals surface area contributed by atoms with Gasteiger partial charge in [0.2, 0.25) is 0 Å². The van der Waals surface area contributed by atoms with Crippen LogP contribution in [-0.2, 0) is 19.1 Å². The predicted molar refractivity (Wildman–Crippen MR) is 104 cm³/mol. The first kappa shape index (κ1) is 21.4. The zero-order valence-electron chi connectivity index (χ0n) is 17.0. The number of hydrogen-bond acceptors (Lipinski definition) is 5. The number of carbonyl (C=O) groups is 2. The monoisotopic (exact) mass is 376 g/mol. The molecule has 0 aromatic carbocycles. The van der Waals surface area contributed by atoms with Crippen molar-refractivity contribution in [2.75, 3.05) is 0 Å². The van der Waals surface area contributed by atoms with Crippen LogP contribution in [0.1, 0.15) is 60.3 Å². The molecular formula is C22H32O5. The summed E-state index contributed by atoms with van der Waals surface area (Å²) in [6, 6.07) is 0. The molecule has 0 fully saturated rings. The minimum absolute atomic E-state index is 0.143. The van der Waals surface area contributed by atoms with Gasteiger partial charge in [-0.15, -0.1) is 0 Å². The Morgan fingerprint density at radius 3 is 2.56 bits per heavy atom. The zero-order valence-corrected chi connectivity index (χ0v) is 17.0. The topological polar surface area (TPSA) is 72.8 Å². The van der Waals surface area contributed by atoms with E-state index < -0.39 is 12.2 Å². The summed E-state index contributed by atoms with van der Waals surface area (Å²) < 4.78 is 11.3. The summed E-state index contributed by atoms with van der Waals surface area (Å²) in [7, 11) is 0. The van der Waals surface area contributed by atoms with Crippen LogP contribution in [-0.4, -0.2) is 35.4 Å². The van der Waals surface area contributed by atoms with Gasteiger partial charge in [-0.3, -0.25) is 4.79 Å². The molecule has 4 atom stereocenters. The summed E-state index contributed by atoms with van der Waals surface area (Å²) >= 11 is 0. The van der Waals surface area contributed by atoms with Gasteiger partial charge in [0.1, 0.15) is 12.2 Å². The third-order valence-corrected chi connectivity index (χ3v) is 5.23. The molecule has 0 aromatic heterocycles. The lowest BCUT2D eigenvalue weighted by Gasteiger charge is -2.33. The summed E-state index contributed by atoms with van der Waals surface area (Å²) in [5.74, 6) is -0.715. The van der Waals surface area contributed by atoms with Gasteiger partial charge in [0, 0.05) is 31.3 Å². The third-order valence-electron chi connectivity index (χ3n) is 5.23. The standard InChI is InChI=1S/C22H32O5/c1-13(2)21-19(26-16(5)23)10-15(4)8-6-7-14(3)9-18(24)11-17-12-20(21)27-22(17)25/h8-9,12-13,18-21,24H,6-7,10-11H2,1-5H3/b14-9+,15-8+/t18-,19-,20-,21+/m0/s1. The van der Waals surface area contributed by atoms with E-state index in [1.165, 1.54) is 6.92 Å². The summed E-state index contributed by atoms with van der Waals surface area (Å²) in [5.41, 5.74) is 2.72. The van der Waals surface area contributed by atoms with Crippen LogP contribution >= 0.6 is 0 Å². The molecule has 2 rings (SSSR count). The van der Waals surface area contributed by atoms with Gasteiger partial charge in [-0.05, 0) is 38.7 Å². The molecule has 0 radical (unpaired) electrons. The lowest BCUT2D eigenvalue weighted by molar-refractivity contribution is -0.156. The van der Waals surface area contributed by atoms with Gasteiger partial charge in [-0.2, -0.15) is 0 Å². The van der Waals surface area contributed by atoms with Gasteiger partial charge in [-0.1, -0.05) is 37.1 Å². The zero-order chi connectivity index (χ0) is 20.1. The Bertz CT molecular complexity index is 656. The SMILES string of the molecule is CC(=O)O[C@H]1C/C(C)=C/CC/C(C)=C/[C@H](O)CC2=C[C@H](OC2=O)[C@@H]1C(C)C. The first-order valence-electron chi connectivity index (χ1n) is 9.77. The average Bonchev–Trinajstić information content (AvgIpc) is 2.85. The summed E-state index contributed by atoms with van der Waals surface area (Å²) in [5, 5.41) is 10.3. The number of rotatable bonds is 2. The van der Waals surface area contributed by atoms with Crippen molar-refractivity contribution in [2.45, 2.75) is 78.6 Å². The van der Waals surface area contributed by atoms with Crippen molar-refractivity contribution in [3.8, 4) is 0 Å². The van der Waals surface area contributed by atoms with Crippen LogP contribution in [0.3, 0.4) is 0 Å².